The number of sulfone groups is 2. The standard InChI is InChI=1S/C21H22N2O5S3/c1-15-9-11-18(12-10-15)30(24,25)20-19(22-14-16-6-5-13-28-16)29-21(23-20)31(26,27)17-7-3-2-4-8-17/h2-4,7-12,16,22H,5-6,13-14H2,1H3. The van der Waals surface area contributed by atoms with Crippen LogP contribution >= 0.6 is 11.3 Å². The number of nitrogens with zero attached hydrogens (tertiary/aromatic N) is 1. The normalized spacial score (nSPS) is 17.0. The second-order valence-corrected chi connectivity index (χ2v) is 12.3. The molecule has 7 nitrogen and oxygen atoms in total. The zero-order valence-corrected chi connectivity index (χ0v) is 19.3. The van der Waals surface area contributed by atoms with Gasteiger partial charge in [-0.05, 0) is 44.0 Å². The SMILES string of the molecule is Cc1ccc(S(=O)(=O)c2nc(S(=O)(=O)c3ccccc3)sc2NCC2CCCO2)cc1. The minimum atomic E-state index is -4.02. The van der Waals surface area contributed by atoms with E-state index in [0.29, 0.717) is 13.2 Å². The van der Waals surface area contributed by atoms with Gasteiger partial charge < -0.3 is 10.1 Å². The summed E-state index contributed by atoms with van der Waals surface area (Å²) in [5.41, 5.74) is 0.918. The predicted molar refractivity (Wildman–Crippen MR) is 118 cm³/mol. The van der Waals surface area contributed by atoms with Crippen molar-refractivity contribution in [2.24, 2.45) is 0 Å². The average Bonchev–Trinajstić information content (AvgIpc) is 3.44. The number of hydrogen-bond donors (Lipinski definition) is 1. The van der Waals surface area contributed by atoms with Crippen molar-refractivity contribution in [2.45, 2.75) is 45.0 Å². The molecule has 1 atom stereocenters. The lowest BCUT2D eigenvalue weighted by molar-refractivity contribution is 0.120. The van der Waals surface area contributed by atoms with E-state index in [1.165, 1.54) is 24.3 Å². The topological polar surface area (TPSA) is 102 Å². The highest BCUT2D eigenvalue weighted by Crippen LogP contribution is 2.37. The molecule has 1 saturated heterocycles. The average molecular weight is 479 g/mol. The van der Waals surface area contributed by atoms with E-state index < -0.39 is 19.7 Å². The highest BCUT2D eigenvalue weighted by atomic mass is 32.2. The molecule has 0 saturated carbocycles. The Kier molecular flexibility index (Phi) is 6.16. The van der Waals surface area contributed by atoms with Crippen molar-refractivity contribution in [3.63, 3.8) is 0 Å². The van der Waals surface area contributed by atoms with Gasteiger partial charge in [-0.25, -0.2) is 21.8 Å². The molecule has 0 radical (unpaired) electrons. The van der Waals surface area contributed by atoms with Gasteiger partial charge >= 0.3 is 0 Å². The van der Waals surface area contributed by atoms with Gasteiger partial charge in [0.25, 0.3) is 0 Å². The Hall–Kier alpha value is -2.27. The van der Waals surface area contributed by atoms with Gasteiger partial charge in [-0.1, -0.05) is 47.2 Å². The molecule has 0 spiro atoms. The van der Waals surface area contributed by atoms with Crippen LogP contribution in [-0.4, -0.2) is 41.1 Å². The first-order valence-corrected chi connectivity index (χ1v) is 13.5. The molecule has 0 aliphatic carbocycles. The van der Waals surface area contributed by atoms with E-state index in [-0.39, 0.29) is 30.3 Å². The van der Waals surface area contributed by atoms with Gasteiger partial charge in [0.2, 0.25) is 24.0 Å². The van der Waals surface area contributed by atoms with Gasteiger partial charge in [-0.15, -0.1) is 0 Å². The monoisotopic (exact) mass is 478 g/mol. The van der Waals surface area contributed by atoms with E-state index in [2.05, 4.69) is 10.3 Å². The minimum Gasteiger partial charge on any atom is -0.376 e. The third-order valence-corrected chi connectivity index (χ3v) is 9.95. The first-order valence-electron chi connectivity index (χ1n) is 9.77. The molecular formula is C21H22N2O5S3. The Morgan fingerprint density at radius 3 is 2.32 bits per heavy atom. The molecule has 1 aromatic heterocycles. The van der Waals surface area contributed by atoms with Crippen molar-refractivity contribution in [2.75, 3.05) is 18.5 Å². The summed E-state index contributed by atoms with van der Waals surface area (Å²) in [5.74, 6) is 0. The fraction of sp³-hybridized carbons (Fsp3) is 0.286. The Morgan fingerprint density at radius 2 is 1.68 bits per heavy atom. The molecule has 10 heteroatoms. The Morgan fingerprint density at radius 1 is 1.00 bits per heavy atom. The van der Waals surface area contributed by atoms with Crippen LogP contribution in [-0.2, 0) is 24.4 Å². The maximum Gasteiger partial charge on any atom is 0.233 e. The Labute approximate surface area is 186 Å². The summed E-state index contributed by atoms with van der Waals surface area (Å²) in [5, 5.41) is 2.99. The molecule has 1 aliphatic rings. The van der Waals surface area contributed by atoms with Gasteiger partial charge in [-0.3, -0.25) is 0 Å². The first-order chi connectivity index (χ1) is 14.8. The molecule has 2 aromatic carbocycles. The van der Waals surface area contributed by atoms with Gasteiger partial charge in [0.05, 0.1) is 15.9 Å². The molecule has 1 N–H and O–H groups in total. The van der Waals surface area contributed by atoms with Crippen LogP contribution in [0.2, 0.25) is 0 Å². The van der Waals surface area contributed by atoms with Gasteiger partial charge in [0.15, 0.2) is 5.03 Å². The van der Waals surface area contributed by atoms with E-state index in [4.69, 9.17) is 4.74 Å². The van der Waals surface area contributed by atoms with Crippen LogP contribution in [0.1, 0.15) is 18.4 Å². The Balaban J connectivity index is 1.77. The van der Waals surface area contributed by atoms with E-state index >= 15 is 0 Å². The van der Waals surface area contributed by atoms with Crippen LogP contribution in [0.25, 0.3) is 0 Å². The van der Waals surface area contributed by atoms with Crippen molar-refractivity contribution >= 4 is 36.0 Å². The van der Waals surface area contributed by atoms with Crippen LogP contribution in [0.4, 0.5) is 5.00 Å². The molecule has 1 fully saturated rings. The molecule has 1 unspecified atom stereocenters. The Bertz CT molecular complexity index is 1260. The summed E-state index contributed by atoms with van der Waals surface area (Å²) in [6.07, 6.45) is 1.75. The zero-order valence-electron chi connectivity index (χ0n) is 16.8. The van der Waals surface area contributed by atoms with Crippen LogP contribution < -0.4 is 5.32 Å². The molecule has 31 heavy (non-hydrogen) atoms. The summed E-state index contributed by atoms with van der Waals surface area (Å²) in [7, 11) is -7.98. The number of ether oxygens (including phenoxy) is 1. The quantitative estimate of drug-likeness (QED) is 0.552. The summed E-state index contributed by atoms with van der Waals surface area (Å²) in [4.78, 5) is 4.24. The van der Waals surface area contributed by atoms with Gasteiger partial charge in [-0.2, -0.15) is 0 Å². The van der Waals surface area contributed by atoms with Gasteiger partial charge in [0, 0.05) is 13.2 Å². The first kappa shape index (κ1) is 21.9. The fourth-order valence-corrected chi connectivity index (χ4v) is 7.56. The van der Waals surface area contributed by atoms with Crippen LogP contribution in [0.5, 0.6) is 0 Å². The summed E-state index contributed by atoms with van der Waals surface area (Å²) in [6, 6.07) is 14.2. The minimum absolute atomic E-state index is 0.0498. The van der Waals surface area contributed by atoms with Crippen LogP contribution in [0.15, 0.2) is 73.8 Å². The second kappa shape index (κ2) is 8.70. The molecule has 164 valence electrons. The largest absolute Gasteiger partial charge is 0.376 e. The smallest absolute Gasteiger partial charge is 0.233 e. The highest BCUT2D eigenvalue weighted by molar-refractivity contribution is 7.94. The molecule has 3 aromatic rings. The number of thiazole rings is 1. The van der Waals surface area contributed by atoms with Crippen LogP contribution in [0.3, 0.4) is 0 Å². The predicted octanol–water partition coefficient (Wildman–Crippen LogP) is 3.71. The fourth-order valence-electron chi connectivity index (χ4n) is 3.24. The second-order valence-electron chi connectivity index (χ2n) is 7.26. The van der Waals surface area contributed by atoms with Crippen molar-refractivity contribution in [1.29, 1.82) is 0 Å². The van der Waals surface area contributed by atoms with Crippen molar-refractivity contribution in [1.82, 2.24) is 4.98 Å². The number of aromatic nitrogens is 1. The molecule has 2 heterocycles. The lowest BCUT2D eigenvalue weighted by Gasteiger charge is -2.11. The summed E-state index contributed by atoms with van der Waals surface area (Å²) >= 11 is 0.824. The maximum atomic E-state index is 13.3. The van der Waals surface area contributed by atoms with E-state index in [0.717, 1.165) is 29.7 Å². The van der Waals surface area contributed by atoms with Crippen molar-refractivity contribution < 1.29 is 21.6 Å². The summed E-state index contributed by atoms with van der Waals surface area (Å²) < 4.78 is 58.1. The van der Waals surface area contributed by atoms with Crippen molar-refractivity contribution in [3.05, 3.63) is 60.2 Å². The molecule has 0 bridgehead atoms. The summed E-state index contributed by atoms with van der Waals surface area (Å²) in [6.45, 7) is 2.90. The van der Waals surface area contributed by atoms with Crippen LogP contribution in [0, 0.1) is 6.92 Å². The van der Waals surface area contributed by atoms with E-state index in [1.54, 1.807) is 30.3 Å². The lowest BCUT2D eigenvalue weighted by Crippen LogP contribution is -2.19. The van der Waals surface area contributed by atoms with Gasteiger partial charge in [0.1, 0.15) is 5.00 Å². The number of benzene rings is 2. The third kappa shape index (κ3) is 4.52. The number of nitrogens with one attached hydrogen (secondary N) is 1. The van der Waals surface area contributed by atoms with E-state index in [9.17, 15) is 16.8 Å². The molecular weight excluding hydrogens is 456 g/mol. The van der Waals surface area contributed by atoms with E-state index in [1.807, 2.05) is 6.92 Å². The number of hydrogen-bond acceptors (Lipinski definition) is 8. The van der Waals surface area contributed by atoms with Crippen molar-refractivity contribution in [3.8, 4) is 0 Å². The number of rotatable bonds is 7. The molecule has 0 amide bonds. The number of aryl methyl sites for hydroxylation is 1. The highest BCUT2D eigenvalue weighted by Gasteiger charge is 2.32. The number of anilines is 1. The maximum absolute atomic E-state index is 13.3. The molecule has 4 rings (SSSR count). The molecule has 1 aliphatic heterocycles. The third-order valence-electron chi connectivity index (χ3n) is 4.96. The zero-order chi connectivity index (χ0) is 22.1. The lowest BCUT2D eigenvalue weighted by atomic mass is 10.2.